The molecule has 0 spiro atoms. The Morgan fingerprint density at radius 3 is 2.05 bits per heavy atom. The summed E-state index contributed by atoms with van der Waals surface area (Å²) in [7, 11) is 0. The smallest absolute Gasteiger partial charge is 0.387 e. The first-order valence-corrected chi connectivity index (χ1v) is 5.97. The van der Waals surface area contributed by atoms with E-state index in [4.69, 9.17) is 0 Å². The predicted octanol–water partition coefficient (Wildman–Crippen LogP) is 3.63. The summed E-state index contributed by atoms with van der Waals surface area (Å²) >= 11 is 0. The SMILES string of the molecule is O=C(C(=O)c1cccc(OC(F)F)c1)c1cc(F)cc(F)c1. The molecule has 0 fully saturated rings. The molecule has 22 heavy (non-hydrogen) atoms. The highest BCUT2D eigenvalue weighted by atomic mass is 19.3. The first kappa shape index (κ1) is 15.7. The standard InChI is InChI=1S/C15H8F4O3/c16-10-4-9(5-11(17)7-10)14(21)13(20)8-2-1-3-12(6-8)22-15(18)19/h1-7,15H. The van der Waals surface area contributed by atoms with E-state index in [1.165, 1.54) is 18.2 Å². The van der Waals surface area contributed by atoms with Crippen molar-refractivity contribution in [3.05, 3.63) is 65.2 Å². The summed E-state index contributed by atoms with van der Waals surface area (Å²) in [4.78, 5) is 23.9. The van der Waals surface area contributed by atoms with E-state index in [2.05, 4.69) is 4.74 Å². The molecule has 0 saturated heterocycles. The number of halogens is 4. The van der Waals surface area contributed by atoms with Crippen LogP contribution >= 0.6 is 0 Å². The van der Waals surface area contributed by atoms with Gasteiger partial charge in [-0.25, -0.2) is 8.78 Å². The molecule has 0 N–H and O–H groups in total. The Morgan fingerprint density at radius 1 is 0.864 bits per heavy atom. The highest BCUT2D eigenvalue weighted by Crippen LogP contribution is 2.18. The fraction of sp³-hybridized carbons (Fsp3) is 0.0667. The Labute approximate surface area is 122 Å². The number of carbonyl (C=O) groups excluding carboxylic acids is 2. The molecule has 0 aliphatic rings. The summed E-state index contributed by atoms with van der Waals surface area (Å²) in [5, 5.41) is 0. The topological polar surface area (TPSA) is 43.4 Å². The van der Waals surface area contributed by atoms with Gasteiger partial charge in [-0.2, -0.15) is 8.78 Å². The summed E-state index contributed by atoms with van der Waals surface area (Å²) in [6, 6.07) is 6.54. The summed E-state index contributed by atoms with van der Waals surface area (Å²) in [5.74, 6) is -4.58. The number of ether oxygens (including phenoxy) is 1. The van der Waals surface area contributed by atoms with Gasteiger partial charge in [0.15, 0.2) is 0 Å². The Morgan fingerprint density at radius 2 is 1.45 bits per heavy atom. The van der Waals surface area contributed by atoms with Gasteiger partial charge in [0.1, 0.15) is 17.4 Å². The van der Waals surface area contributed by atoms with Gasteiger partial charge in [-0.3, -0.25) is 9.59 Å². The monoisotopic (exact) mass is 312 g/mol. The number of alkyl halides is 2. The molecule has 0 unspecified atom stereocenters. The second-order valence-corrected chi connectivity index (χ2v) is 4.22. The third-order valence-electron chi connectivity index (χ3n) is 2.65. The van der Waals surface area contributed by atoms with E-state index in [1.54, 1.807) is 0 Å². The molecule has 0 aliphatic heterocycles. The molecule has 0 atom stereocenters. The zero-order chi connectivity index (χ0) is 16.3. The molecule has 0 saturated carbocycles. The lowest BCUT2D eigenvalue weighted by molar-refractivity contribution is -0.0498. The van der Waals surface area contributed by atoms with Crippen molar-refractivity contribution in [3.63, 3.8) is 0 Å². The molecule has 0 aromatic heterocycles. The fourth-order valence-electron chi connectivity index (χ4n) is 1.76. The zero-order valence-corrected chi connectivity index (χ0v) is 10.9. The van der Waals surface area contributed by atoms with E-state index in [-0.39, 0.29) is 11.3 Å². The van der Waals surface area contributed by atoms with E-state index < -0.39 is 35.4 Å². The maximum absolute atomic E-state index is 13.1. The third-order valence-corrected chi connectivity index (χ3v) is 2.65. The maximum Gasteiger partial charge on any atom is 0.387 e. The zero-order valence-electron chi connectivity index (χ0n) is 10.9. The van der Waals surface area contributed by atoms with Gasteiger partial charge in [-0.1, -0.05) is 12.1 Å². The van der Waals surface area contributed by atoms with Crippen molar-refractivity contribution in [2.75, 3.05) is 0 Å². The number of hydrogen-bond donors (Lipinski definition) is 0. The predicted molar refractivity (Wildman–Crippen MR) is 68.1 cm³/mol. The number of carbonyl (C=O) groups is 2. The minimum Gasteiger partial charge on any atom is -0.435 e. The second-order valence-electron chi connectivity index (χ2n) is 4.22. The number of hydrogen-bond acceptors (Lipinski definition) is 3. The molecule has 0 radical (unpaired) electrons. The number of Topliss-reactive ketones (excluding diaryl/α,β-unsaturated/α-hetero) is 2. The van der Waals surface area contributed by atoms with Gasteiger partial charge < -0.3 is 4.74 Å². The van der Waals surface area contributed by atoms with Gasteiger partial charge in [0.05, 0.1) is 0 Å². The highest BCUT2D eigenvalue weighted by molar-refractivity contribution is 6.49. The minimum absolute atomic E-state index is 0.229. The van der Waals surface area contributed by atoms with Crippen LogP contribution in [0.2, 0.25) is 0 Å². The second kappa shape index (κ2) is 6.38. The molecule has 2 aromatic carbocycles. The molecule has 0 bridgehead atoms. The van der Waals surface area contributed by atoms with Crippen molar-refractivity contribution in [1.82, 2.24) is 0 Å². The Balaban J connectivity index is 2.29. The van der Waals surface area contributed by atoms with Crippen LogP contribution in [0.25, 0.3) is 0 Å². The van der Waals surface area contributed by atoms with Gasteiger partial charge >= 0.3 is 6.61 Å². The van der Waals surface area contributed by atoms with Gasteiger partial charge in [0, 0.05) is 17.2 Å². The van der Waals surface area contributed by atoms with E-state index in [0.29, 0.717) is 18.2 Å². The van der Waals surface area contributed by atoms with Crippen molar-refractivity contribution in [1.29, 1.82) is 0 Å². The van der Waals surface area contributed by atoms with Crippen molar-refractivity contribution in [3.8, 4) is 5.75 Å². The first-order valence-electron chi connectivity index (χ1n) is 5.97. The highest BCUT2D eigenvalue weighted by Gasteiger charge is 2.20. The normalized spacial score (nSPS) is 10.6. The number of benzene rings is 2. The molecular weight excluding hydrogens is 304 g/mol. The Bertz CT molecular complexity index is 708. The van der Waals surface area contributed by atoms with Crippen LogP contribution in [0.3, 0.4) is 0 Å². The van der Waals surface area contributed by atoms with Crippen LogP contribution in [-0.4, -0.2) is 18.2 Å². The first-order chi connectivity index (χ1) is 10.4. The van der Waals surface area contributed by atoms with E-state index in [9.17, 15) is 27.2 Å². The van der Waals surface area contributed by atoms with Gasteiger partial charge in [0.25, 0.3) is 0 Å². The number of ketones is 2. The van der Waals surface area contributed by atoms with E-state index in [1.807, 2.05) is 0 Å². The Kier molecular flexibility index (Phi) is 4.55. The quantitative estimate of drug-likeness (QED) is 0.481. The van der Waals surface area contributed by atoms with Gasteiger partial charge in [0.2, 0.25) is 11.6 Å². The van der Waals surface area contributed by atoms with Crippen LogP contribution in [0, 0.1) is 11.6 Å². The molecule has 114 valence electrons. The third kappa shape index (κ3) is 3.69. The maximum atomic E-state index is 13.1. The number of rotatable bonds is 5. The molecule has 0 amide bonds. The molecular formula is C15H8F4O3. The Hall–Kier alpha value is -2.70. The summed E-state index contributed by atoms with van der Waals surface area (Å²) < 4.78 is 54.4. The molecule has 3 nitrogen and oxygen atoms in total. The van der Waals surface area contributed by atoms with Crippen LogP contribution in [0.4, 0.5) is 17.6 Å². The molecule has 7 heteroatoms. The molecule has 0 aliphatic carbocycles. The lowest BCUT2D eigenvalue weighted by Gasteiger charge is -2.06. The van der Waals surface area contributed by atoms with Crippen LogP contribution in [0.1, 0.15) is 20.7 Å². The van der Waals surface area contributed by atoms with E-state index in [0.717, 1.165) is 6.07 Å². The van der Waals surface area contributed by atoms with Crippen LogP contribution in [0.15, 0.2) is 42.5 Å². The average molecular weight is 312 g/mol. The van der Waals surface area contributed by atoms with Crippen molar-refractivity contribution in [2.24, 2.45) is 0 Å². The van der Waals surface area contributed by atoms with Crippen LogP contribution < -0.4 is 4.74 Å². The lowest BCUT2D eigenvalue weighted by atomic mass is 10.0. The fourth-order valence-corrected chi connectivity index (χ4v) is 1.76. The molecule has 2 rings (SSSR count). The van der Waals surface area contributed by atoms with Crippen molar-refractivity contribution in [2.45, 2.75) is 6.61 Å². The largest absolute Gasteiger partial charge is 0.435 e. The van der Waals surface area contributed by atoms with Crippen LogP contribution in [-0.2, 0) is 0 Å². The summed E-state index contributed by atoms with van der Waals surface area (Å²) in [6.07, 6.45) is 0. The van der Waals surface area contributed by atoms with E-state index >= 15 is 0 Å². The van der Waals surface area contributed by atoms with Crippen LogP contribution in [0.5, 0.6) is 5.75 Å². The molecule has 2 aromatic rings. The van der Waals surface area contributed by atoms with Crippen molar-refractivity contribution < 1.29 is 31.9 Å². The summed E-state index contributed by atoms with van der Waals surface area (Å²) in [5.41, 5.74) is -0.699. The summed E-state index contributed by atoms with van der Waals surface area (Å²) in [6.45, 7) is -3.08. The average Bonchev–Trinajstić information content (AvgIpc) is 2.44. The molecule has 0 heterocycles. The lowest BCUT2D eigenvalue weighted by Crippen LogP contribution is -2.15. The van der Waals surface area contributed by atoms with Gasteiger partial charge in [-0.15, -0.1) is 0 Å². The minimum atomic E-state index is -3.08. The van der Waals surface area contributed by atoms with Gasteiger partial charge in [-0.05, 0) is 24.3 Å². The van der Waals surface area contributed by atoms with Crippen molar-refractivity contribution >= 4 is 11.6 Å².